The lowest BCUT2D eigenvalue weighted by Crippen LogP contribution is -2.50. The van der Waals surface area contributed by atoms with Crippen LogP contribution in [0.5, 0.6) is 0 Å². The van der Waals surface area contributed by atoms with Crippen molar-refractivity contribution in [3.8, 4) is 11.1 Å². The summed E-state index contributed by atoms with van der Waals surface area (Å²) in [5.74, 6) is -7.46. The zero-order chi connectivity index (χ0) is 28.8. The molecule has 0 radical (unpaired) electrons. The van der Waals surface area contributed by atoms with Gasteiger partial charge in [0.05, 0.1) is 18.2 Å². The molecule has 0 saturated carbocycles. The Morgan fingerprint density at radius 3 is 2.18 bits per heavy atom. The molecule has 8 nitrogen and oxygen atoms in total. The van der Waals surface area contributed by atoms with Crippen molar-refractivity contribution in [2.75, 3.05) is 6.61 Å². The molecule has 39 heavy (non-hydrogen) atoms. The van der Waals surface area contributed by atoms with Gasteiger partial charge in [0.25, 0.3) is 5.91 Å². The highest BCUT2D eigenvalue weighted by Crippen LogP contribution is 2.40. The first-order chi connectivity index (χ1) is 18.3. The summed E-state index contributed by atoms with van der Waals surface area (Å²) >= 11 is 0. The fourth-order valence-electron chi connectivity index (χ4n) is 3.86. The number of aliphatic hydroxyl groups excluding tert-OH is 1. The van der Waals surface area contributed by atoms with Crippen molar-refractivity contribution in [3.05, 3.63) is 72.1 Å². The lowest BCUT2D eigenvalue weighted by atomic mass is 9.82. The van der Waals surface area contributed by atoms with E-state index in [9.17, 15) is 36.6 Å². The van der Waals surface area contributed by atoms with Crippen LogP contribution in [0.2, 0.25) is 0 Å². The molecule has 0 spiro atoms. The zero-order valence-electron chi connectivity index (χ0n) is 21.0. The predicted octanol–water partition coefficient (Wildman–Crippen LogP) is 4.33. The van der Waals surface area contributed by atoms with Crippen LogP contribution in [0.3, 0.4) is 0 Å². The first-order valence-electron chi connectivity index (χ1n) is 11.8. The Balaban J connectivity index is 1.82. The second kappa shape index (κ2) is 11.9. The van der Waals surface area contributed by atoms with E-state index in [0.717, 1.165) is 24.2 Å². The third kappa shape index (κ3) is 7.16. The van der Waals surface area contributed by atoms with Gasteiger partial charge in [-0.1, -0.05) is 54.6 Å². The Labute approximate surface area is 220 Å². The number of nitrogens with zero attached hydrogens (tertiary/aromatic N) is 2. The number of aromatic amines is 1. The van der Waals surface area contributed by atoms with Crippen molar-refractivity contribution in [2.24, 2.45) is 5.41 Å². The monoisotopic (exact) mass is 554 g/mol. The van der Waals surface area contributed by atoms with E-state index in [1.165, 1.54) is 0 Å². The maximum Gasteiger partial charge on any atom is 0.457 e. The molecule has 210 valence electrons. The minimum Gasteiger partial charge on any atom is -0.455 e. The molecule has 0 fully saturated rings. The molecule has 3 N–H and O–H groups in total. The lowest BCUT2D eigenvalue weighted by Gasteiger charge is -2.33. The van der Waals surface area contributed by atoms with E-state index in [1.54, 1.807) is 12.1 Å². The van der Waals surface area contributed by atoms with Gasteiger partial charge in [-0.15, -0.1) is 0 Å². The van der Waals surface area contributed by atoms with E-state index in [1.807, 2.05) is 42.5 Å². The van der Waals surface area contributed by atoms with Crippen LogP contribution in [0.25, 0.3) is 11.1 Å². The number of ether oxygens (including phenoxy) is 1. The summed E-state index contributed by atoms with van der Waals surface area (Å²) < 4.78 is 70.0. The number of benzene rings is 2. The zero-order valence-corrected chi connectivity index (χ0v) is 21.0. The summed E-state index contributed by atoms with van der Waals surface area (Å²) in [5.41, 5.74) is 0.602. The molecule has 1 heterocycles. The number of halogens is 5. The van der Waals surface area contributed by atoms with Crippen molar-refractivity contribution in [3.63, 3.8) is 0 Å². The molecule has 0 aliphatic carbocycles. The molecule has 1 unspecified atom stereocenters. The number of esters is 1. The van der Waals surface area contributed by atoms with Gasteiger partial charge in [-0.2, -0.15) is 37.4 Å². The van der Waals surface area contributed by atoms with Gasteiger partial charge in [0.2, 0.25) is 0 Å². The number of alkyl halides is 5. The van der Waals surface area contributed by atoms with Crippen molar-refractivity contribution in [2.45, 2.75) is 50.9 Å². The number of carbonyl (C=O) groups is 2. The maximum absolute atomic E-state index is 13.7. The molecule has 1 amide bonds. The molecule has 3 atom stereocenters. The SMILES string of the molecule is CC(OC(=O)[C@](C)(CO)C[C@@H](Cc1ccc(-c2ccccc2)cc1)NC(=O)c1cn[nH]n1)C(F)(F)C(F)(F)F. The molecule has 1 aromatic heterocycles. The number of hydrogen-bond donors (Lipinski definition) is 3. The maximum atomic E-state index is 13.7. The predicted molar refractivity (Wildman–Crippen MR) is 130 cm³/mol. The highest BCUT2D eigenvalue weighted by Gasteiger charge is 2.63. The Morgan fingerprint density at radius 2 is 1.64 bits per heavy atom. The second-order valence-corrected chi connectivity index (χ2v) is 9.38. The van der Waals surface area contributed by atoms with Gasteiger partial charge in [0.1, 0.15) is 0 Å². The van der Waals surface area contributed by atoms with Gasteiger partial charge in [-0.3, -0.25) is 9.59 Å². The van der Waals surface area contributed by atoms with Crippen LogP contribution in [0, 0.1) is 5.41 Å². The van der Waals surface area contributed by atoms with E-state index in [0.29, 0.717) is 12.5 Å². The van der Waals surface area contributed by atoms with Crippen LogP contribution >= 0.6 is 0 Å². The summed E-state index contributed by atoms with van der Waals surface area (Å²) in [4.78, 5) is 25.4. The van der Waals surface area contributed by atoms with E-state index in [-0.39, 0.29) is 18.5 Å². The van der Waals surface area contributed by atoms with Gasteiger partial charge in [-0.05, 0) is 43.4 Å². The largest absolute Gasteiger partial charge is 0.457 e. The number of H-pyrrole nitrogens is 1. The number of hydrogen-bond acceptors (Lipinski definition) is 6. The van der Waals surface area contributed by atoms with Crippen LogP contribution in [-0.4, -0.2) is 63.2 Å². The van der Waals surface area contributed by atoms with E-state index in [2.05, 4.69) is 25.5 Å². The number of rotatable bonds is 11. The average molecular weight is 555 g/mol. The standard InChI is InChI=1S/C26H27F5N4O4/c1-16(25(27,28)26(29,30)31)39-23(38)24(2,15-36)13-20(33-22(37)21-14-32-35-34-21)12-17-8-10-19(11-9-17)18-6-4-3-5-7-18/h3-11,14,16,20,36H,12-13,15H2,1-2H3,(H,33,37)(H,32,34,35)/t16?,20-,24+/m1/s1. The van der Waals surface area contributed by atoms with E-state index < -0.39 is 48.1 Å². The van der Waals surface area contributed by atoms with Crippen LogP contribution < -0.4 is 5.32 Å². The molecule has 3 rings (SSSR count). The number of carbonyl (C=O) groups excluding carboxylic acids is 2. The van der Waals surface area contributed by atoms with Gasteiger partial charge in [0.15, 0.2) is 11.8 Å². The highest BCUT2D eigenvalue weighted by atomic mass is 19.4. The van der Waals surface area contributed by atoms with Gasteiger partial charge >= 0.3 is 18.1 Å². The average Bonchev–Trinajstić information content (AvgIpc) is 3.44. The quantitative estimate of drug-likeness (QED) is 0.240. The van der Waals surface area contributed by atoms with E-state index in [4.69, 9.17) is 0 Å². The molecular weight excluding hydrogens is 527 g/mol. The topological polar surface area (TPSA) is 117 Å². The number of aromatic nitrogens is 3. The molecule has 0 saturated heterocycles. The minimum absolute atomic E-state index is 0.0776. The molecule has 0 aliphatic rings. The Hall–Kier alpha value is -3.87. The molecule has 0 aliphatic heterocycles. The van der Waals surface area contributed by atoms with Gasteiger partial charge in [-0.25, -0.2) is 0 Å². The minimum atomic E-state index is -5.94. The van der Waals surface area contributed by atoms with Crippen molar-refractivity contribution in [1.29, 1.82) is 0 Å². The highest BCUT2D eigenvalue weighted by molar-refractivity contribution is 5.92. The molecule has 3 aromatic rings. The summed E-state index contributed by atoms with van der Waals surface area (Å²) in [6.07, 6.45) is -7.86. The Kier molecular flexibility index (Phi) is 9.05. The normalized spacial score (nSPS) is 15.2. The smallest absolute Gasteiger partial charge is 0.455 e. The Morgan fingerprint density at radius 1 is 1.03 bits per heavy atom. The fraction of sp³-hybridized carbons (Fsp3) is 0.385. The summed E-state index contributed by atoms with van der Waals surface area (Å²) in [5, 5.41) is 22.2. The van der Waals surface area contributed by atoms with Crippen molar-refractivity contribution < 1.29 is 41.4 Å². The summed E-state index contributed by atoms with van der Waals surface area (Å²) in [6.45, 7) is 0.627. The first-order valence-corrected chi connectivity index (χ1v) is 11.8. The van der Waals surface area contributed by atoms with Crippen LogP contribution in [0.15, 0.2) is 60.8 Å². The third-order valence-corrected chi connectivity index (χ3v) is 6.24. The fourth-order valence-corrected chi connectivity index (χ4v) is 3.86. The first kappa shape index (κ1) is 29.7. The number of aliphatic hydroxyl groups is 1. The molecule has 0 bridgehead atoms. The second-order valence-electron chi connectivity index (χ2n) is 9.38. The van der Waals surface area contributed by atoms with Crippen LogP contribution in [-0.2, 0) is 16.0 Å². The molecular formula is C26H27F5N4O4. The van der Waals surface area contributed by atoms with E-state index >= 15 is 0 Å². The lowest BCUT2D eigenvalue weighted by molar-refractivity contribution is -0.313. The third-order valence-electron chi connectivity index (χ3n) is 6.24. The van der Waals surface area contributed by atoms with Crippen LogP contribution in [0.4, 0.5) is 22.0 Å². The van der Waals surface area contributed by atoms with Crippen LogP contribution in [0.1, 0.15) is 36.3 Å². The number of nitrogens with one attached hydrogen (secondary N) is 2. The van der Waals surface area contributed by atoms with Crippen molar-refractivity contribution >= 4 is 11.9 Å². The summed E-state index contributed by atoms with van der Waals surface area (Å²) in [6, 6.07) is 15.9. The van der Waals surface area contributed by atoms with Crippen molar-refractivity contribution in [1.82, 2.24) is 20.7 Å². The summed E-state index contributed by atoms with van der Waals surface area (Å²) in [7, 11) is 0. The van der Waals surface area contributed by atoms with Gasteiger partial charge in [0, 0.05) is 6.04 Å². The Bertz CT molecular complexity index is 1240. The molecule has 2 aromatic carbocycles. The number of amides is 1. The van der Waals surface area contributed by atoms with Gasteiger partial charge < -0.3 is 15.2 Å². The molecule has 13 heteroatoms.